The van der Waals surface area contributed by atoms with Crippen molar-refractivity contribution in [1.82, 2.24) is 15.5 Å². The van der Waals surface area contributed by atoms with Crippen LogP contribution in [0.5, 0.6) is 0 Å². The van der Waals surface area contributed by atoms with Gasteiger partial charge in [-0.2, -0.15) is 4.98 Å². The molecule has 0 aliphatic heterocycles. The molecule has 0 radical (unpaired) electrons. The highest BCUT2D eigenvalue weighted by Gasteiger charge is 2.12. The summed E-state index contributed by atoms with van der Waals surface area (Å²) in [5, 5.41) is 5.98. The second kappa shape index (κ2) is 4.96. The summed E-state index contributed by atoms with van der Waals surface area (Å²) in [5.74, 6) is -0.836. The molecule has 7 heteroatoms. The Kier molecular flexibility index (Phi) is 3.38. The van der Waals surface area contributed by atoms with Gasteiger partial charge in [0.1, 0.15) is 5.82 Å². The standard InChI is InChI=1S/C10H8FN3O2S/c11-8-2-1-6(17)3-7(8)10(15)12-4-9-13-5-16-14-9/h1-3,5,17H,4H2,(H,12,15). The van der Waals surface area contributed by atoms with Gasteiger partial charge < -0.3 is 9.84 Å². The molecular weight excluding hydrogens is 245 g/mol. The third-order valence-corrected chi connectivity index (χ3v) is 2.29. The molecule has 17 heavy (non-hydrogen) atoms. The number of aromatic nitrogens is 2. The van der Waals surface area contributed by atoms with Crippen molar-refractivity contribution < 1.29 is 13.7 Å². The van der Waals surface area contributed by atoms with E-state index in [9.17, 15) is 9.18 Å². The zero-order valence-corrected chi connectivity index (χ0v) is 9.45. The summed E-state index contributed by atoms with van der Waals surface area (Å²) >= 11 is 4.04. The number of amides is 1. The van der Waals surface area contributed by atoms with Crippen LogP contribution in [0.1, 0.15) is 16.2 Å². The third-order valence-electron chi connectivity index (χ3n) is 2.01. The molecule has 2 aromatic rings. The molecule has 5 nitrogen and oxygen atoms in total. The lowest BCUT2D eigenvalue weighted by Crippen LogP contribution is -2.24. The molecule has 0 unspecified atom stereocenters. The molecule has 0 saturated carbocycles. The summed E-state index contributed by atoms with van der Waals surface area (Å²) in [4.78, 5) is 15.9. The minimum absolute atomic E-state index is 0.0685. The highest BCUT2D eigenvalue weighted by molar-refractivity contribution is 7.80. The number of hydrogen-bond acceptors (Lipinski definition) is 5. The molecular formula is C10H8FN3O2S. The highest BCUT2D eigenvalue weighted by atomic mass is 32.1. The van der Waals surface area contributed by atoms with E-state index < -0.39 is 11.7 Å². The van der Waals surface area contributed by atoms with Gasteiger partial charge in [0, 0.05) is 4.90 Å². The average Bonchev–Trinajstić information content (AvgIpc) is 2.82. The fourth-order valence-electron chi connectivity index (χ4n) is 1.21. The van der Waals surface area contributed by atoms with Crippen molar-refractivity contribution in [2.45, 2.75) is 11.4 Å². The maximum Gasteiger partial charge on any atom is 0.254 e. The first-order chi connectivity index (χ1) is 8.16. The number of halogens is 1. The van der Waals surface area contributed by atoms with Crippen LogP contribution in [-0.4, -0.2) is 16.0 Å². The molecule has 0 aliphatic carbocycles. The molecule has 0 bridgehead atoms. The normalized spacial score (nSPS) is 10.2. The van der Waals surface area contributed by atoms with Gasteiger partial charge in [0.25, 0.3) is 5.91 Å². The van der Waals surface area contributed by atoms with Crippen molar-refractivity contribution in [3.63, 3.8) is 0 Å². The summed E-state index contributed by atoms with van der Waals surface area (Å²) in [7, 11) is 0. The predicted molar refractivity (Wildman–Crippen MR) is 59.1 cm³/mol. The van der Waals surface area contributed by atoms with Gasteiger partial charge in [0.15, 0.2) is 5.82 Å². The Morgan fingerprint density at radius 2 is 2.35 bits per heavy atom. The molecule has 1 amide bonds. The first kappa shape index (κ1) is 11.6. The topological polar surface area (TPSA) is 68.0 Å². The van der Waals surface area contributed by atoms with E-state index in [1.807, 2.05) is 0 Å². The summed E-state index contributed by atoms with van der Waals surface area (Å²) < 4.78 is 17.8. The van der Waals surface area contributed by atoms with Gasteiger partial charge in [-0.05, 0) is 18.2 Å². The van der Waals surface area contributed by atoms with Gasteiger partial charge in [-0.1, -0.05) is 5.16 Å². The van der Waals surface area contributed by atoms with E-state index in [0.717, 1.165) is 6.39 Å². The Hall–Kier alpha value is -1.89. The Bertz CT molecular complexity index is 530. The van der Waals surface area contributed by atoms with Crippen LogP contribution in [-0.2, 0) is 6.54 Å². The quantitative estimate of drug-likeness (QED) is 0.812. The van der Waals surface area contributed by atoms with E-state index in [4.69, 9.17) is 0 Å². The summed E-state index contributed by atoms with van der Waals surface area (Å²) in [6.07, 6.45) is 1.15. The number of nitrogens with one attached hydrogen (secondary N) is 1. The van der Waals surface area contributed by atoms with E-state index in [1.165, 1.54) is 18.2 Å². The van der Waals surface area contributed by atoms with Crippen LogP contribution in [0.2, 0.25) is 0 Å². The lowest BCUT2D eigenvalue weighted by atomic mass is 10.2. The van der Waals surface area contributed by atoms with Crippen LogP contribution in [0.25, 0.3) is 0 Å². The number of rotatable bonds is 3. The van der Waals surface area contributed by atoms with E-state index in [1.54, 1.807) is 0 Å². The van der Waals surface area contributed by atoms with Crippen LogP contribution >= 0.6 is 12.6 Å². The second-order valence-electron chi connectivity index (χ2n) is 3.19. The molecule has 0 saturated heterocycles. The molecule has 1 heterocycles. The minimum atomic E-state index is -0.603. The highest BCUT2D eigenvalue weighted by Crippen LogP contribution is 2.13. The fraction of sp³-hybridized carbons (Fsp3) is 0.100. The third kappa shape index (κ3) is 2.82. The monoisotopic (exact) mass is 253 g/mol. The molecule has 1 N–H and O–H groups in total. The molecule has 2 rings (SSSR count). The molecule has 0 spiro atoms. The van der Waals surface area contributed by atoms with Gasteiger partial charge in [-0.3, -0.25) is 4.79 Å². The van der Waals surface area contributed by atoms with Gasteiger partial charge in [0.2, 0.25) is 6.39 Å². The van der Waals surface area contributed by atoms with Crippen LogP contribution in [0.3, 0.4) is 0 Å². The number of carbonyl (C=O) groups excluding carboxylic acids is 1. The Morgan fingerprint density at radius 3 is 3.06 bits per heavy atom. The lowest BCUT2D eigenvalue weighted by molar-refractivity contribution is 0.0945. The van der Waals surface area contributed by atoms with Crippen LogP contribution in [0.4, 0.5) is 4.39 Å². The Labute approximate surface area is 101 Å². The molecule has 0 fully saturated rings. The van der Waals surface area contributed by atoms with E-state index >= 15 is 0 Å². The van der Waals surface area contributed by atoms with Crippen molar-refractivity contribution in [1.29, 1.82) is 0 Å². The SMILES string of the molecule is O=C(NCc1ncon1)c1cc(S)ccc1F. The van der Waals surface area contributed by atoms with Gasteiger partial charge >= 0.3 is 0 Å². The first-order valence-electron chi connectivity index (χ1n) is 4.69. The van der Waals surface area contributed by atoms with E-state index in [2.05, 4.69) is 32.6 Å². The Balaban J connectivity index is 2.07. The van der Waals surface area contributed by atoms with Gasteiger partial charge in [-0.15, -0.1) is 12.6 Å². The smallest absolute Gasteiger partial charge is 0.254 e. The van der Waals surface area contributed by atoms with Crippen molar-refractivity contribution in [3.05, 3.63) is 41.8 Å². The Morgan fingerprint density at radius 1 is 1.53 bits per heavy atom. The largest absolute Gasteiger partial charge is 0.345 e. The minimum Gasteiger partial charge on any atom is -0.345 e. The number of benzene rings is 1. The van der Waals surface area contributed by atoms with E-state index in [0.29, 0.717) is 10.7 Å². The average molecular weight is 253 g/mol. The van der Waals surface area contributed by atoms with Gasteiger partial charge in [-0.25, -0.2) is 4.39 Å². The zero-order chi connectivity index (χ0) is 12.3. The molecule has 0 atom stereocenters. The maximum absolute atomic E-state index is 13.3. The molecule has 1 aromatic carbocycles. The maximum atomic E-state index is 13.3. The second-order valence-corrected chi connectivity index (χ2v) is 3.71. The molecule has 1 aromatic heterocycles. The number of nitrogens with zero attached hydrogens (tertiary/aromatic N) is 2. The summed E-state index contributed by atoms with van der Waals surface area (Å²) in [5.41, 5.74) is -0.0685. The van der Waals surface area contributed by atoms with Crippen LogP contribution < -0.4 is 5.32 Å². The van der Waals surface area contributed by atoms with E-state index in [-0.39, 0.29) is 12.1 Å². The zero-order valence-electron chi connectivity index (χ0n) is 8.55. The van der Waals surface area contributed by atoms with Crippen LogP contribution in [0.15, 0.2) is 34.0 Å². The van der Waals surface area contributed by atoms with Gasteiger partial charge in [0.05, 0.1) is 12.1 Å². The molecule has 0 aliphatic rings. The number of thiol groups is 1. The summed E-state index contributed by atoms with van der Waals surface area (Å²) in [6, 6.07) is 4.00. The number of hydrogen-bond donors (Lipinski definition) is 2. The lowest BCUT2D eigenvalue weighted by Gasteiger charge is -2.04. The predicted octanol–water partition coefficient (Wildman–Crippen LogP) is 1.43. The number of carbonyl (C=O) groups is 1. The van der Waals surface area contributed by atoms with Crippen molar-refractivity contribution >= 4 is 18.5 Å². The molecule has 88 valence electrons. The first-order valence-corrected chi connectivity index (χ1v) is 5.13. The van der Waals surface area contributed by atoms with Crippen molar-refractivity contribution in [2.75, 3.05) is 0 Å². The van der Waals surface area contributed by atoms with Crippen molar-refractivity contribution in [2.24, 2.45) is 0 Å². The summed E-state index contributed by atoms with van der Waals surface area (Å²) in [6.45, 7) is 0.0750. The fourth-order valence-corrected chi connectivity index (χ4v) is 1.42. The van der Waals surface area contributed by atoms with Crippen molar-refractivity contribution in [3.8, 4) is 0 Å². The van der Waals surface area contributed by atoms with Crippen LogP contribution in [0, 0.1) is 5.82 Å².